The van der Waals surface area contributed by atoms with Crippen LogP contribution >= 0.6 is 11.6 Å². The van der Waals surface area contributed by atoms with Gasteiger partial charge in [0.25, 0.3) is 0 Å². The molecule has 0 amide bonds. The molecule has 1 aromatic rings. The zero-order valence-electron chi connectivity index (χ0n) is 12.8. The summed E-state index contributed by atoms with van der Waals surface area (Å²) in [4.78, 5) is 4.84. The SMILES string of the molecule is CC1CC(CN)(N(C)Cc2cccc(Cl)c2)CCN1C. The minimum absolute atomic E-state index is 0.105. The van der Waals surface area contributed by atoms with Crippen molar-refractivity contribution in [2.24, 2.45) is 5.73 Å². The summed E-state index contributed by atoms with van der Waals surface area (Å²) >= 11 is 6.08. The molecule has 3 nitrogen and oxygen atoms in total. The quantitative estimate of drug-likeness (QED) is 0.927. The van der Waals surface area contributed by atoms with Crippen molar-refractivity contribution in [1.29, 1.82) is 0 Å². The number of halogens is 1. The first-order chi connectivity index (χ1) is 9.47. The molecule has 0 radical (unpaired) electrons. The maximum atomic E-state index is 6.14. The lowest BCUT2D eigenvalue weighted by Gasteiger charge is -2.49. The van der Waals surface area contributed by atoms with E-state index in [0.29, 0.717) is 12.6 Å². The summed E-state index contributed by atoms with van der Waals surface area (Å²) in [6.07, 6.45) is 2.25. The Morgan fingerprint density at radius 2 is 2.25 bits per heavy atom. The summed E-state index contributed by atoms with van der Waals surface area (Å²) < 4.78 is 0. The van der Waals surface area contributed by atoms with Crippen molar-refractivity contribution in [2.75, 3.05) is 27.2 Å². The Balaban J connectivity index is 2.11. The van der Waals surface area contributed by atoms with Crippen LogP contribution in [-0.2, 0) is 6.54 Å². The topological polar surface area (TPSA) is 32.5 Å². The van der Waals surface area contributed by atoms with E-state index in [1.165, 1.54) is 5.56 Å². The molecule has 2 rings (SSSR count). The zero-order chi connectivity index (χ0) is 14.8. The van der Waals surface area contributed by atoms with Gasteiger partial charge in [0, 0.05) is 29.7 Å². The van der Waals surface area contributed by atoms with Crippen molar-refractivity contribution in [3.8, 4) is 0 Å². The van der Waals surface area contributed by atoms with E-state index in [2.05, 4.69) is 36.9 Å². The van der Waals surface area contributed by atoms with Gasteiger partial charge in [0.1, 0.15) is 0 Å². The first-order valence-corrected chi connectivity index (χ1v) is 7.71. The van der Waals surface area contributed by atoms with Gasteiger partial charge in [0.05, 0.1) is 0 Å². The van der Waals surface area contributed by atoms with E-state index in [-0.39, 0.29) is 5.54 Å². The molecule has 2 atom stereocenters. The maximum absolute atomic E-state index is 6.14. The minimum atomic E-state index is 0.105. The van der Waals surface area contributed by atoms with E-state index in [9.17, 15) is 0 Å². The molecule has 1 heterocycles. The van der Waals surface area contributed by atoms with Crippen LogP contribution < -0.4 is 5.73 Å². The fraction of sp³-hybridized carbons (Fsp3) is 0.625. The highest BCUT2D eigenvalue weighted by atomic mass is 35.5. The average Bonchev–Trinajstić information content (AvgIpc) is 2.42. The van der Waals surface area contributed by atoms with Crippen molar-refractivity contribution in [3.05, 3.63) is 34.9 Å². The normalized spacial score (nSPS) is 28.0. The summed E-state index contributed by atoms with van der Waals surface area (Å²) in [5, 5.41) is 0.800. The van der Waals surface area contributed by atoms with Gasteiger partial charge < -0.3 is 10.6 Å². The number of rotatable bonds is 4. The molecule has 1 fully saturated rings. The minimum Gasteiger partial charge on any atom is -0.329 e. The maximum Gasteiger partial charge on any atom is 0.0409 e. The molecular weight excluding hydrogens is 270 g/mol. The van der Waals surface area contributed by atoms with E-state index >= 15 is 0 Å². The average molecular weight is 296 g/mol. The lowest BCUT2D eigenvalue weighted by molar-refractivity contribution is 0.0222. The second-order valence-electron chi connectivity index (χ2n) is 6.20. The highest BCUT2D eigenvalue weighted by Crippen LogP contribution is 2.31. The van der Waals surface area contributed by atoms with Crippen molar-refractivity contribution < 1.29 is 0 Å². The molecule has 1 aromatic carbocycles. The van der Waals surface area contributed by atoms with Gasteiger partial charge in [0.15, 0.2) is 0 Å². The van der Waals surface area contributed by atoms with Crippen LogP contribution in [0.4, 0.5) is 0 Å². The molecule has 0 aromatic heterocycles. The molecular formula is C16H26ClN3. The van der Waals surface area contributed by atoms with Crippen LogP contribution in [0.15, 0.2) is 24.3 Å². The number of nitrogens with zero attached hydrogens (tertiary/aromatic N) is 2. The molecule has 0 spiro atoms. The smallest absolute Gasteiger partial charge is 0.0409 e. The third-order valence-electron chi connectivity index (χ3n) is 4.86. The summed E-state index contributed by atoms with van der Waals surface area (Å²) in [5.41, 5.74) is 7.50. The number of likely N-dealkylation sites (tertiary alicyclic amines) is 1. The Kier molecular flexibility index (Phi) is 5.08. The van der Waals surface area contributed by atoms with Crippen LogP contribution in [0.2, 0.25) is 5.02 Å². The number of hydrogen-bond donors (Lipinski definition) is 1. The van der Waals surface area contributed by atoms with E-state index in [1.54, 1.807) is 0 Å². The fourth-order valence-electron chi connectivity index (χ4n) is 3.18. The Labute approximate surface area is 127 Å². The molecule has 0 aliphatic carbocycles. The number of nitrogens with two attached hydrogens (primary N) is 1. The van der Waals surface area contributed by atoms with E-state index in [4.69, 9.17) is 17.3 Å². The molecule has 4 heteroatoms. The number of piperidine rings is 1. The van der Waals surface area contributed by atoms with Gasteiger partial charge in [0.2, 0.25) is 0 Å². The second kappa shape index (κ2) is 6.44. The van der Waals surface area contributed by atoms with Crippen LogP contribution in [0, 0.1) is 0 Å². The van der Waals surface area contributed by atoms with Crippen LogP contribution in [0.1, 0.15) is 25.3 Å². The van der Waals surface area contributed by atoms with Crippen molar-refractivity contribution in [3.63, 3.8) is 0 Å². The Hall–Kier alpha value is -0.610. The predicted molar refractivity (Wildman–Crippen MR) is 86.0 cm³/mol. The fourth-order valence-corrected chi connectivity index (χ4v) is 3.39. The lowest BCUT2D eigenvalue weighted by atomic mass is 9.82. The first-order valence-electron chi connectivity index (χ1n) is 7.33. The second-order valence-corrected chi connectivity index (χ2v) is 6.63. The van der Waals surface area contributed by atoms with Gasteiger partial charge in [-0.15, -0.1) is 0 Å². The molecule has 20 heavy (non-hydrogen) atoms. The van der Waals surface area contributed by atoms with Crippen molar-refractivity contribution in [1.82, 2.24) is 9.80 Å². The van der Waals surface area contributed by atoms with E-state index < -0.39 is 0 Å². The third kappa shape index (κ3) is 3.34. The molecule has 2 N–H and O–H groups in total. The Morgan fingerprint density at radius 1 is 1.50 bits per heavy atom. The molecule has 112 valence electrons. The van der Waals surface area contributed by atoms with Gasteiger partial charge in [-0.3, -0.25) is 4.90 Å². The number of likely N-dealkylation sites (N-methyl/N-ethyl adjacent to an activating group) is 1. The summed E-state index contributed by atoms with van der Waals surface area (Å²) in [7, 11) is 4.38. The molecule has 0 bridgehead atoms. The summed E-state index contributed by atoms with van der Waals surface area (Å²) in [6, 6.07) is 8.68. The van der Waals surface area contributed by atoms with Gasteiger partial charge in [-0.05, 0) is 58.1 Å². The van der Waals surface area contributed by atoms with Crippen LogP contribution in [0.5, 0.6) is 0 Å². The summed E-state index contributed by atoms with van der Waals surface area (Å²) in [5.74, 6) is 0. The molecule has 0 saturated carbocycles. The van der Waals surface area contributed by atoms with Crippen molar-refractivity contribution >= 4 is 11.6 Å². The highest BCUT2D eigenvalue weighted by Gasteiger charge is 2.39. The Morgan fingerprint density at radius 3 is 2.85 bits per heavy atom. The zero-order valence-corrected chi connectivity index (χ0v) is 13.5. The standard InChI is InChI=1S/C16H26ClN3/c1-13-10-16(12-18,7-8-19(13)2)20(3)11-14-5-4-6-15(17)9-14/h4-6,9,13H,7-8,10-12,18H2,1-3H3. The van der Waals surface area contributed by atoms with Gasteiger partial charge in [-0.2, -0.15) is 0 Å². The highest BCUT2D eigenvalue weighted by molar-refractivity contribution is 6.30. The Bertz CT molecular complexity index is 451. The van der Waals surface area contributed by atoms with Gasteiger partial charge >= 0.3 is 0 Å². The predicted octanol–water partition coefficient (Wildman–Crippen LogP) is 2.58. The third-order valence-corrected chi connectivity index (χ3v) is 5.09. The molecule has 1 aliphatic heterocycles. The molecule has 1 aliphatic rings. The monoisotopic (exact) mass is 295 g/mol. The van der Waals surface area contributed by atoms with E-state index in [1.807, 2.05) is 18.2 Å². The molecule has 2 unspecified atom stereocenters. The summed E-state index contributed by atoms with van der Waals surface area (Å²) in [6.45, 7) is 5.01. The van der Waals surface area contributed by atoms with Gasteiger partial charge in [-0.1, -0.05) is 23.7 Å². The molecule has 1 saturated heterocycles. The lowest BCUT2D eigenvalue weighted by Crippen LogP contribution is -2.59. The van der Waals surface area contributed by atoms with Crippen LogP contribution in [0.3, 0.4) is 0 Å². The number of benzene rings is 1. The van der Waals surface area contributed by atoms with Crippen LogP contribution in [0.25, 0.3) is 0 Å². The van der Waals surface area contributed by atoms with Gasteiger partial charge in [-0.25, -0.2) is 0 Å². The van der Waals surface area contributed by atoms with Crippen molar-refractivity contribution in [2.45, 2.75) is 37.9 Å². The largest absolute Gasteiger partial charge is 0.329 e. The number of hydrogen-bond acceptors (Lipinski definition) is 3. The van der Waals surface area contributed by atoms with E-state index in [0.717, 1.165) is 31.0 Å². The first kappa shape index (κ1) is 15.8. The van der Waals surface area contributed by atoms with Crippen LogP contribution in [-0.4, -0.2) is 48.6 Å².